The van der Waals surface area contributed by atoms with Crippen LogP contribution in [0.5, 0.6) is 5.75 Å². The number of hydrogen-bond acceptors (Lipinski definition) is 6. The Morgan fingerprint density at radius 2 is 2.44 bits per heavy atom. The van der Waals surface area contributed by atoms with E-state index in [0.717, 1.165) is 0 Å². The quantitative estimate of drug-likeness (QED) is 0.745. The number of nitrogens with zero attached hydrogens (tertiary/aromatic N) is 4. The summed E-state index contributed by atoms with van der Waals surface area (Å²) in [7, 11) is 1.50. The zero-order chi connectivity index (χ0) is 11.4. The Morgan fingerprint density at radius 3 is 3.12 bits per heavy atom. The fourth-order valence-electron chi connectivity index (χ4n) is 1.09. The SMILES string of the molecule is COc1ccncc1NC(=O)c1nn[nH]n1. The standard InChI is InChI=1S/C8H8N6O2/c1-16-6-2-3-9-4-5(6)10-8(15)7-11-13-14-12-7/h2-4H,1H3,(H,10,15)(H,11,12,13,14). The van der Waals surface area contributed by atoms with Crippen LogP contribution < -0.4 is 10.1 Å². The van der Waals surface area contributed by atoms with Crippen LogP contribution in [0.3, 0.4) is 0 Å². The minimum Gasteiger partial charge on any atom is -0.494 e. The van der Waals surface area contributed by atoms with Gasteiger partial charge in [0.25, 0.3) is 11.7 Å². The van der Waals surface area contributed by atoms with Crippen LogP contribution in [-0.2, 0) is 0 Å². The van der Waals surface area contributed by atoms with Gasteiger partial charge in [-0.2, -0.15) is 5.21 Å². The van der Waals surface area contributed by atoms with Crippen molar-refractivity contribution in [1.29, 1.82) is 0 Å². The van der Waals surface area contributed by atoms with Crippen LogP contribution in [0.25, 0.3) is 0 Å². The summed E-state index contributed by atoms with van der Waals surface area (Å²) in [6.07, 6.45) is 3.03. The highest BCUT2D eigenvalue weighted by Gasteiger charge is 2.13. The number of pyridine rings is 1. The van der Waals surface area contributed by atoms with Crippen LogP contribution in [0.1, 0.15) is 10.6 Å². The second-order valence-electron chi connectivity index (χ2n) is 2.77. The van der Waals surface area contributed by atoms with E-state index in [1.54, 1.807) is 12.3 Å². The number of tetrazole rings is 1. The van der Waals surface area contributed by atoms with Gasteiger partial charge in [0.1, 0.15) is 11.4 Å². The molecule has 0 unspecified atom stereocenters. The molecule has 0 aliphatic carbocycles. The molecule has 2 rings (SSSR count). The molecule has 0 atom stereocenters. The summed E-state index contributed by atoms with van der Waals surface area (Å²) in [6, 6.07) is 1.63. The van der Waals surface area contributed by atoms with E-state index in [-0.39, 0.29) is 5.82 Å². The summed E-state index contributed by atoms with van der Waals surface area (Å²) in [5.41, 5.74) is 0.444. The number of aromatic nitrogens is 5. The Morgan fingerprint density at radius 1 is 1.56 bits per heavy atom. The number of ether oxygens (including phenoxy) is 1. The van der Waals surface area contributed by atoms with Crippen molar-refractivity contribution in [2.45, 2.75) is 0 Å². The number of amides is 1. The first kappa shape index (κ1) is 10.0. The lowest BCUT2D eigenvalue weighted by molar-refractivity contribution is 0.101. The monoisotopic (exact) mass is 220 g/mol. The van der Waals surface area contributed by atoms with E-state index in [2.05, 4.69) is 30.9 Å². The average Bonchev–Trinajstić information content (AvgIpc) is 2.83. The Bertz CT molecular complexity index is 483. The van der Waals surface area contributed by atoms with Crippen molar-refractivity contribution in [3.63, 3.8) is 0 Å². The van der Waals surface area contributed by atoms with Crippen LogP contribution >= 0.6 is 0 Å². The number of methoxy groups -OCH3 is 1. The lowest BCUT2D eigenvalue weighted by Crippen LogP contribution is -2.14. The van der Waals surface area contributed by atoms with E-state index >= 15 is 0 Å². The number of H-pyrrole nitrogens is 1. The zero-order valence-corrected chi connectivity index (χ0v) is 8.34. The maximum atomic E-state index is 11.6. The molecule has 2 aromatic rings. The van der Waals surface area contributed by atoms with E-state index < -0.39 is 5.91 Å². The summed E-state index contributed by atoms with van der Waals surface area (Å²) < 4.78 is 5.04. The lowest BCUT2D eigenvalue weighted by atomic mass is 10.3. The van der Waals surface area contributed by atoms with Crippen LogP contribution in [-0.4, -0.2) is 38.6 Å². The summed E-state index contributed by atoms with van der Waals surface area (Å²) in [6.45, 7) is 0. The highest BCUT2D eigenvalue weighted by Crippen LogP contribution is 2.21. The molecule has 8 nitrogen and oxygen atoms in total. The molecule has 0 bridgehead atoms. The van der Waals surface area contributed by atoms with Gasteiger partial charge in [-0.15, -0.1) is 10.2 Å². The van der Waals surface area contributed by atoms with Gasteiger partial charge < -0.3 is 10.1 Å². The first-order chi connectivity index (χ1) is 7.81. The van der Waals surface area contributed by atoms with E-state index in [4.69, 9.17) is 4.74 Å². The van der Waals surface area contributed by atoms with Crippen molar-refractivity contribution in [2.75, 3.05) is 12.4 Å². The Balaban J connectivity index is 2.18. The molecule has 0 aliphatic heterocycles. The third-order valence-electron chi connectivity index (χ3n) is 1.80. The normalized spacial score (nSPS) is 9.81. The topological polar surface area (TPSA) is 106 Å². The number of anilines is 1. The highest BCUT2D eigenvalue weighted by atomic mass is 16.5. The lowest BCUT2D eigenvalue weighted by Gasteiger charge is -2.06. The Hall–Kier alpha value is -2.51. The third kappa shape index (κ3) is 1.95. The first-order valence-electron chi connectivity index (χ1n) is 4.34. The van der Waals surface area contributed by atoms with Gasteiger partial charge in [0.2, 0.25) is 0 Å². The predicted octanol–water partition coefficient (Wildman–Crippen LogP) is -0.144. The smallest absolute Gasteiger partial charge is 0.297 e. The van der Waals surface area contributed by atoms with Gasteiger partial charge in [-0.3, -0.25) is 9.78 Å². The molecule has 8 heteroatoms. The molecule has 82 valence electrons. The number of rotatable bonds is 3. The largest absolute Gasteiger partial charge is 0.494 e. The number of hydrogen-bond donors (Lipinski definition) is 2. The molecule has 0 spiro atoms. The zero-order valence-electron chi connectivity index (χ0n) is 8.34. The summed E-state index contributed by atoms with van der Waals surface area (Å²) >= 11 is 0. The van der Waals surface area contributed by atoms with Crippen molar-refractivity contribution in [3.05, 3.63) is 24.3 Å². The van der Waals surface area contributed by atoms with Gasteiger partial charge in [-0.25, -0.2) is 0 Å². The molecule has 2 N–H and O–H groups in total. The summed E-state index contributed by atoms with van der Waals surface area (Å²) in [4.78, 5) is 15.4. The van der Waals surface area contributed by atoms with E-state index in [1.165, 1.54) is 13.3 Å². The number of aromatic amines is 1. The molecule has 0 fully saturated rings. The fourth-order valence-corrected chi connectivity index (χ4v) is 1.09. The van der Waals surface area contributed by atoms with Gasteiger partial charge in [0.05, 0.1) is 13.3 Å². The Labute approximate surface area is 90.0 Å². The van der Waals surface area contributed by atoms with Crippen molar-refractivity contribution in [2.24, 2.45) is 0 Å². The molecule has 0 aliphatic rings. The summed E-state index contributed by atoms with van der Waals surface area (Å²) in [5.74, 6) is -0.0298. The third-order valence-corrected chi connectivity index (χ3v) is 1.80. The molecule has 16 heavy (non-hydrogen) atoms. The molecular formula is C8H8N6O2. The number of carbonyl (C=O) groups excluding carboxylic acids is 1. The van der Waals surface area contributed by atoms with Crippen molar-refractivity contribution >= 4 is 11.6 Å². The average molecular weight is 220 g/mol. The molecule has 1 amide bonds. The predicted molar refractivity (Wildman–Crippen MR) is 52.9 cm³/mol. The second kappa shape index (κ2) is 4.34. The van der Waals surface area contributed by atoms with Gasteiger partial charge in [0, 0.05) is 12.3 Å². The minimum absolute atomic E-state index is 0.0501. The summed E-state index contributed by atoms with van der Waals surface area (Å²) in [5, 5.41) is 15.1. The van der Waals surface area contributed by atoms with Gasteiger partial charge in [-0.05, 0) is 5.21 Å². The molecule has 2 heterocycles. The molecule has 0 saturated heterocycles. The van der Waals surface area contributed by atoms with Gasteiger partial charge in [-0.1, -0.05) is 0 Å². The maximum Gasteiger partial charge on any atom is 0.297 e. The Kier molecular flexibility index (Phi) is 2.72. The van der Waals surface area contributed by atoms with Crippen LogP contribution in [0.4, 0.5) is 5.69 Å². The minimum atomic E-state index is -0.486. The first-order valence-corrected chi connectivity index (χ1v) is 4.34. The maximum absolute atomic E-state index is 11.6. The highest BCUT2D eigenvalue weighted by molar-refractivity contribution is 6.02. The fraction of sp³-hybridized carbons (Fsp3) is 0.125. The number of carbonyl (C=O) groups is 1. The molecular weight excluding hydrogens is 212 g/mol. The van der Waals surface area contributed by atoms with E-state index in [0.29, 0.717) is 11.4 Å². The molecule has 2 aromatic heterocycles. The molecule has 0 saturated carbocycles. The van der Waals surface area contributed by atoms with Gasteiger partial charge in [0.15, 0.2) is 0 Å². The van der Waals surface area contributed by atoms with Crippen LogP contribution in [0.2, 0.25) is 0 Å². The van der Waals surface area contributed by atoms with Gasteiger partial charge >= 0.3 is 0 Å². The van der Waals surface area contributed by atoms with Crippen LogP contribution in [0.15, 0.2) is 18.5 Å². The van der Waals surface area contributed by atoms with Crippen molar-refractivity contribution in [1.82, 2.24) is 25.6 Å². The van der Waals surface area contributed by atoms with Crippen LogP contribution in [0, 0.1) is 0 Å². The van der Waals surface area contributed by atoms with Crippen molar-refractivity contribution < 1.29 is 9.53 Å². The van der Waals surface area contributed by atoms with E-state index in [1.807, 2.05) is 0 Å². The number of nitrogens with one attached hydrogen (secondary N) is 2. The molecule has 0 radical (unpaired) electrons. The molecule has 0 aromatic carbocycles. The van der Waals surface area contributed by atoms with E-state index in [9.17, 15) is 4.79 Å². The van der Waals surface area contributed by atoms with Crippen molar-refractivity contribution in [3.8, 4) is 5.75 Å². The second-order valence-corrected chi connectivity index (χ2v) is 2.77.